The summed E-state index contributed by atoms with van der Waals surface area (Å²) in [6.07, 6.45) is 0. The fourth-order valence-electron chi connectivity index (χ4n) is 0.442. The first-order valence-electron chi connectivity index (χ1n) is 2.70. The average Bonchev–Trinajstić information content (AvgIpc) is 1.74. The molecular weight excluding hydrogens is 405 g/mol. The van der Waals surface area contributed by atoms with Gasteiger partial charge in [0.1, 0.15) is 0 Å². The first-order chi connectivity index (χ1) is 6.54. The fourth-order valence-corrected chi connectivity index (χ4v) is 19.3. The van der Waals surface area contributed by atoms with Crippen molar-refractivity contribution in [3.8, 4) is 0 Å². The van der Waals surface area contributed by atoms with Crippen molar-refractivity contribution in [3.05, 3.63) is 11.2 Å². The van der Waals surface area contributed by atoms with Crippen LogP contribution < -0.4 is 0 Å². The first kappa shape index (κ1) is 17.4. The molecule has 1 aliphatic heterocycles. The van der Waals surface area contributed by atoms with Gasteiger partial charge in [-0.1, -0.05) is 0 Å². The molecule has 14 heteroatoms. The Morgan fingerprint density at radius 3 is 1.07 bits per heavy atom. The Morgan fingerprint density at radius 2 is 0.933 bits per heavy atom. The molecule has 1 aliphatic rings. The number of rotatable bonds is 0. The topological polar surface area (TPSA) is 41.4 Å². The van der Waals surface area contributed by atoms with Crippen LogP contribution in [-0.2, 0) is 0 Å². The van der Waals surface area contributed by atoms with Crippen LogP contribution in [0.1, 0.15) is 0 Å². The summed E-state index contributed by atoms with van der Waals surface area (Å²) in [5.41, 5.74) is 0. The van der Waals surface area contributed by atoms with Gasteiger partial charge in [0.2, 0.25) is 9.39 Å². The van der Waals surface area contributed by atoms with E-state index in [0.717, 1.165) is 0 Å². The van der Waals surface area contributed by atoms with E-state index >= 15 is 0 Å². The molecule has 0 amide bonds. The number of hydrogen-bond acceptors (Lipinski definition) is 3. The van der Waals surface area contributed by atoms with Crippen molar-refractivity contribution in [3.63, 3.8) is 0 Å². The maximum atomic E-state index is 5.80. The molecule has 0 aliphatic carbocycles. The second kappa shape index (κ2) is 6.50. The molecule has 0 saturated heterocycles. The van der Waals surface area contributed by atoms with Gasteiger partial charge < -0.3 is 4.62 Å². The van der Waals surface area contributed by atoms with Gasteiger partial charge in [0, 0.05) is 0 Å². The summed E-state index contributed by atoms with van der Waals surface area (Å²) in [6, 6.07) is 0. The molecule has 4 nitrogen and oxygen atoms in total. The van der Waals surface area contributed by atoms with Crippen molar-refractivity contribution in [2.75, 3.05) is 0 Å². The largest absolute Gasteiger partial charge is 0.310 e. The first-order valence-corrected chi connectivity index (χ1v) is 13.7. The summed E-state index contributed by atoms with van der Waals surface area (Å²) in [6.45, 7) is 5.80. The fraction of sp³-hybridized carbons (Fsp3) is 0. The molecule has 0 bridgehead atoms. The van der Waals surface area contributed by atoms with E-state index in [1.54, 1.807) is 0 Å². The van der Waals surface area contributed by atoms with Crippen LogP contribution in [0.25, 0.3) is 4.62 Å². The van der Waals surface area contributed by atoms with Gasteiger partial charge in [-0.05, 0) is 67.4 Å². The summed E-state index contributed by atoms with van der Waals surface area (Å²) >= 11 is 33.9. The van der Waals surface area contributed by atoms with E-state index < -0.39 is 17.7 Å². The summed E-state index contributed by atoms with van der Waals surface area (Å²) in [7, 11) is 1.87. The van der Waals surface area contributed by atoms with Gasteiger partial charge in [-0.25, -0.2) is 6.57 Å². The van der Waals surface area contributed by atoms with E-state index in [1.807, 2.05) is 9.39 Å². The molecule has 0 aromatic rings. The van der Waals surface area contributed by atoms with Gasteiger partial charge in [0.05, 0.1) is 0 Å². The Hall–Kier alpha value is 2.35. The summed E-state index contributed by atoms with van der Waals surface area (Å²) in [4.78, 5) is 0. The van der Waals surface area contributed by atoms with Gasteiger partial charge in [0.15, 0.2) is 0 Å². The lowest BCUT2D eigenvalue weighted by Gasteiger charge is -2.16. The summed E-state index contributed by atoms with van der Waals surface area (Å²) in [5, 5.41) is 0. The Kier molecular flexibility index (Phi) is 7.52. The lowest BCUT2D eigenvalue weighted by atomic mass is 11.9. The molecule has 88 valence electrons. The van der Waals surface area contributed by atoms with Crippen molar-refractivity contribution in [1.82, 2.24) is 0 Å². The highest BCUT2D eigenvalue weighted by atomic mass is 35.9. The summed E-state index contributed by atoms with van der Waals surface area (Å²) in [5.74, 6) is -8.72. The lowest BCUT2D eigenvalue weighted by Crippen LogP contribution is -1.62. The van der Waals surface area contributed by atoms with Crippen LogP contribution in [0, 0.1) is 6.57 Å². The molecule has 0 spiro atoms. The Morgan fingerprint density at radius 1 is 0.800 bits per heavy atom. The minimum atomic E-state index is -2.91. The zero-order chi connectivity index (χ0) is 12.3. The average molecular weight is 407 g/mol. The van der Waals surface area contributed by atoms with Crippen molar-refractivity contribution in [1.29, 1.82) is 0 Å². The molecule has 15 heavy (non-hydrogen) atoms. The van der Waals surface area contributed by atoms with Crippen molar-refractivity contribution >= 4 is 94.6 Å². The van der Waals surface area contributed by atoms with Gasteiger partial charge >= 0.3 is 0 Å². The SMILES string of the molecule is ClP1(Cl)=NP(Cl)(Cl)=NP(Cl)(Cl)=N1.[C-]#[N+]P. The molecule has 1 heterocycles. The molecule has 1 rings (SSSR count). The second-order valence-corrected chi connectivity index (χ2v) is 16.9. The van der Waals surface area contributed by atoms with Crippen LogP contribution >= 0.6 is 94.6 Å². The molecule has 0 fully saturated rings. The van der Waals surface area contributed by atoms with Crippen LogP contribution in [0.15, 0.2) is 13.5 Å². The smallest absolute Gasteiger partial charge is 0.257 e. The van der Waals surface area contributed by atoms with Crippen LogP contribution in [0.4, 0.5) is 0 Å². The highest BCUT2D eigenvalue weighted by Crippen LogP contribution is 2.87. The molecule has 0 N–H and O–H groups in total. The maximum Gasteiger partial charge on any atom is 0.257 e. The third-order valence-corrected chi connectivity index (χ3v) is 13.1. The van der Waals surface area contributed by atoms with E-state index in [2.05, 4.69) is 18.2 Å². The molecular formula is CH2Cl6N4P4. The molecule has 0 radical (unpaired) electrons. The minimum Gasteiger partial charge on any atom is -0.310 e. The highest BCUT2D eigenvalue weighted by molar-refractivity contribution is 8.26. The normalized spacial score (nSPS) is 24.1. The Balaban J connectivity index is 0.000000583. The minimum absolute atomic E-state index is 1.87. The zero-order valence-corrected chi connectivity index (χ0v) is 14.8. The zero-order valence-electron chi connectivity index (χ0n) is 6.48. The Bertz CT molecular complexity index is 355. The van der Waals surface area contributed by atoms with E-state index in [4.69, 9.17) is 74.0 Å². The predicted octanol–water partition coefficient (Wildman–Crippen LogP) is 7.97. The Labute approximate surface area is 118 Å². The molecule has 0 aromatic carbocycles. The maximum absolute atomic E-state index is 5.80. The van der Waals surface area contributed by atoms with Crippen LogP contribution in [0.3, 0.4) is 0 Å². The molecule has 1 unspecified atom stereocenters. The standard InChI is InChI=1S/CH2NP.Cl6N3P3/c1-2-3;1-10(2)7-11(3,4)9-12(5,6)8-10/h3H2;. The van der Waals surface area contributed by atoms with Gasteiger partial charge in [-0.2, -0.15) is 13.5 Å². The second-order valence-electron chi connectivity index (χ2n) is 1.76. The number of hydrogen-bond donors (Lipinski definition) is 0. The summed E-state index contributed by atoms with van der Waals surface area (Å²) < 4.78 is 13.6. The van der Waals surface area contributed by atoms with Crippen molar-refractivity contribution in [2.45, 2.75) is 0 Å². The van der Waals surface area contributed by atoms with E-state index in [9.17, 15) is 0 Å². The highest BCUT2D eigenvalue weighted by Gasteiger charge is 2.30. The van der Waals surface area contributed by atoms with Crippen molar-refractivity contribution in [2.24, 2.45) is 13.5 Å². The third-order valence-electron chi connectivity index (χ3n) is 0.646. The van der Waals surface area contributed by atoms with E-state index in [1.165, 1.54) is 0 Å². The molecule has 0 aromatic heterocycles. The van der Waals surface area contributed by atoms with Crippen LogP contribution in [0.2, 0.25) is 0 Å². The lowest BCUT2D eigenvalue weighted by molar-refractivity contribution is 1.80. The van der Waals surface area contributed by atoms with E-state index in [-0.39, 0.29) is 0 Å². The van der Waals surface area contributed by atoms with Gasteiger partial charge in [0.25, 0.3) is 17.7 Å². The van der Waals surface area contributed by atoms with Crippen LogP contribution in [-0.4, -0.2) is 0 Å². The number of halogens is 6. The predicted molar refractivity (Wildman–Crippen MR) is 79.5 cm³/mol. The quantitative estimate of drug-likeness (QED) is 0.289. The molecule has 1 atom stereocenters. The monoisotopic (exact) mass is 404 g/mol. The number of nitrogens with zero attached hydrogens (tertiary/aromatic N) is 4. The molecule has 0 saturated carbocycles. The van der Waals surface area contributed by atoms with E-state index in [0.29, 0.717) is 0 Å². The third kappa shape index (κ3) is 8.13. The van der Waals surface area contributed by atoms with Crippen molar-refractivity contribution < 1.29 is 0 Å². The van der Waals surface area contributed by atoms with Crippen LogP contribution in [0.5, 0.6) is 0 Å². The van der Waals surface area contributed by atoms with Gasteiger partial charge in [-0.3, -0.25) is 0 Å². The van der Waals surface area contributed by atoms with Gasteiger partial charge in [-0.15, -0.1) is 0 Å².